The Morgan fingerprint density at radius 1 is 0.882 bits per heavy atom. The molecule has 4 rings (SSSR count). The van der Waals surface area contributed by atoms with E-state index >= 15 is 0 Å². The molecule has 0 N–H and O–H groups in total. The fourth-order valence-electron chi connectivity index (χ4n) is 4.53. The summed E-state index contributed by atoms with van der Waals surface area (Å²) in [6, 6.07) is 0. The Hall–Kier alpha value is -0.560. The Morgan fingerprint density at radius 2 is 1.41 bits per heavy atom. The molecule has 4 aliphatic rings. The van der Waals surface area contributed by atoms with Crippen LogP contribution in [0.1, 0.15) is 38.5 Å². The van der Waals surface area contributed by atoms with Crippen LogP contribution in [0.4, 0.5) is 0 Å². The number of hydrogen-bond acceptors (Lipinski definition) is 1. The highest BCUT2D eigenvalue weighted by molar-refractivity contribution is 5.17. The predicted molar refractivity (Wildman–Crippen MR) is 68.6 cm³/mol. The first-order chi connectivity index (χ1) is 8.28. The van der Waals surface area contributed by atoms with Gasteiger partial charge in [-0.2, -0.15) is 0 Å². The van der Waals surface area contributed by atoms with Crippen molar-refractivity contribution in [3.63, 3.8) is 0 Å². The molecule has 0 aromatic carbocycles. The first-order valence-electron chi connectivity index (χ1n) is 7.24. The smallest absolute Gasteiger partial charge is 0.0557 e. The molecule has 0 heterocycles. The molecular weight excluding hydrogens is 208 g/mol. The van der Waals surface area contributed by atoms with E-state index in [0.717, 1.165) is 25.0 Å². The largest absolute Gasteiger partial charge is 0.380 e. The molecule has 4 bridgehead atoms. The van der Waals surface area contributed by atoms with Gasteiger partial charge in [-0.15, -0.1) is 0 Å². The van der Waals surface area contributed by atoms with Crippen molar-refractivity contribution < 1.29 is 4.74 Å². The highest BCUT2D eigenvalue weighted by atomic mass is 16.5. The van der Waals surface area contributed by atoms with Crippen molar-refractivity contribution in [3.8, 4) is 0 Å². The quantitative estimate of drug-likeness (QED) is 0.669. The van der Waals surface area contributed by atoms with Gasteiger partial charge < -0.3 is 4.74 Å². The second-order valence-corrected chi connectivity index (χ2v) is 6.94. The highest BCUT2D eigenvalue weighted by Gasteiger charge is 2.43. The van der Waals surface area contributed by atoms with Crippen LogP contribution in [0.3, 0.4) is 0 Å². The van der Waals surface area contributed by atoms with Gasteiger partial charge in [-0.05, 0) is 50.4 Å². The molecule has 1 nitrogen and oxygen atoms in total. The molecular formula is C16H22O. The minimum Gasteiger partial charge on any atom is -0.380 e. The van der Waals surface area contributed by atoms with Crippen LogP contribution < -0.4 is 0 Å². The van der Waals surface area contributed by atoms with Crippen LogP contribution in [-0.2, 0) is 4.74 Å². The van der Waals surface area contributed by atoms with Crippen molar-refractivity contribution >= 4 is 0 Å². The lowest BCUT2D eigenvalue weighted by Gasteiger charge is -2.28. The van der Waals surface area contributed by atoms with E-state index in [1.54, 1.807) is 0 Å². The van der Waals surface area contributed by atoms with Crippen LogP contribution in [0.25, 0.3) is 0 Å². The number of rotatable bonds is 4. The van der Waals surface area contributed by atoms with E-state index in [0.29, 0.717) is 10.8 Å². The van der Waals surface area contributed by atoms with Gasteiger partial charge in [0.1, 0.15) is 0 Å². The molecule has 0 saturated heterocycles. The average Bonchev–Trinajstić information content (AvgIpc) is 3.08. The molecule has 2 fully saturated rings. The van der Waals surface area contributed by atoms with Crippen LogP contribution in [-0.4, -0.2) is 13.2 Å². The summed E-state index contributed by atoms with van der Waals surface area (Å²) in [7, 11) is 0. The van der Waals surface area contributed by atoms with Gasteiger partial charge in [0.25, 0.3) is 0 Å². The van der Waals surface area contributed by atoms with Gasteiger partial charge in [-0.1, -0.05) is 24.3 Å². The summed E-state index contributed by atoms with van der Waals surface area (Å²) in [5.74, 6) is 1.75. The third-order valence-electron chi connectivity index (χ3n) is 5.59. The van der Waals surface area contributed by atoms with Gasteiger partial charge in [0, 0.05) is 10.8 Å². The van der Waals surface area contributed by atoms with Crippen molar-refractivity contribution in [3.05, 3.63) is 24.3 Å². The van der Waals surface area contributed by atoms with Crippen molar-refractivity contribution in [1.82, 2.24) is 0 Å². The summed E-state index contributed by atoms with van der Waals surface area (Å²) in [4.78, 5) is 0. The third-order valence-corrected chi connectivity index (χ3v) is 5.59. The fourth-order valence-corrected chi connectivity index (χ4v) is 4.53. The fraction of sp³-hybridized carbons (Fsp3) is 0.750. The van der Waals surface area contributed by atoms with E-state index in [4.69, 9.17) is 4.74 Å². The summed E-state index contributed by atoms with van der Waals surface area (Å²) in [5.41, 5.74) is 0.864. The maximum atomic E-state index is 6.14. The van der Waals surface area contributed by atoms with Crippen molar-refractivity contribution in [2.24, 2.45) is 22.7 Å². The SMILES string of the molecule is C1=CC2(COCC34C=CC(CC3)C4)CCC1C2. The second kappa shape index (κ2) is 3.47. The molecule has 0 aromatic rings. The number of ether oxygens (including phenoxy) is 1. The maximum Gasteiger partial charge on any atom is 0.0557 e. The predicted octanol–water partition coefficient (Wildman–Crippen LogP) is 3.72. The van der Waals surface area contributed by atoms with Gasteiger partial charge in [0.15, 0.2) is 0 Å². The van der Waals surface area contributed by atoms with Crippen molar-refractivity contribution in [2.45, 2.75) is 38.5 Å². The molecule has 1 heteroatoms. The van der Waals surface area contributed by atoms with Crippen molar-refractivity contribution in [1.29, 1.82) is 0 Å². The number of fused-ring (bicyclic) bond motifs is 4. The van der Waals surface area contributed by atoms with Crippen molar-refractivity contribution in [2.75, 3.05) is 13.2 Å². The van der Waals surface area contributed by atoms with E-state index < -0.39 is 0 Å². The molecule has 92 valence electrons. The first kappa shape index (κ1) is 10.4. The molecule has 0 radical (unpaired) electrons. The standard InChI is InChI=1S/C16H22O/c1-5-15(6-2-13(1)9-15)11-17-12-16-7-3-14(10-16)4-8-16/h1,3,5,7,13-14H,2,4,6,8-12H2. The summed E-state index contributed by atoms with van der Waals surface area (Å²) in [5, 5.41) is 0. The minimum absolute atomic E-state index is 0.432. The summed E-state index contributed by atoms with van der Waals surface area (Å²) in [6.45, 7) is 1.94. The Kier molecular flexibility index (Phi) is 2.12. The van der Waals surface area contributed by atoms with Gasteiger partial charge in [0.05, 0.1) is 13.2 Å². The van der Waals surface area contributed by atoms with Crippen LogP contribution in [0.5, 0.6) is 0 Å². The number of hydrogen-bond donors (Lipinski definition) is 0. The lowest BCUT2D eigenvalue weighted by molar-refractivity contribution is 0.0289. The normalized spacial score (nSPS) is 49.6. The molecule has 17 heavy (non-hydrogen) atoms. The Morgan fingerprint density at radius 3 is 1.71 bits per heavy atom. The van der Waals surface area contributed by atoms with Gasteiger partial charge >= 0.3 is 0 Å². The topological polar surface area (TPSA) is 9.23 Å². The second-order valence-electron chi connectivity index (χ2n) is 6.94. The maximum absolute atomic E-state index is 6.14. The van der Waals surface area contributed by atoms with Crippen LogP contribution >= 0.6 is 0 Å². The molecule has 0 spiro atoms. The van der Waals surface area contributed by atoms with E-state index in [9.17, 15) is 0 Å². The summed E-state index contributed by atoms with van der Waals surface area (Å²) < 4.78 is 6.14. The lowest BCUT2D eigenvalue weighted by atomic mass is 9.87. The zero-order chi connectivity index (χ0) is 11.3. The molecule has 4 aliphatic carbocycles. The van der Waals surface area contributed by atoms with Crippen LogP contribution in [0.2, 0.25) is 0 Å². The zero-order valence-electron chi connectivity index (χ0n) is 10.5. The zero-order valence-corrected chi connectivity index (χ0v) is 10.5. The molecule has 0 aromatic heterocycles. The van der Waals surface area contributed by atoms with E-state index in [1.807, 2.05) is 0 Å². The Bertz CT molecular complexity index is 347. The molecule has 2 saturated carbocycles. The Labute approximate surface area is 104 Å². The highest BCUT2D eigenvalue weighted by Crippen LogP contribution is 2.51. The Balaban J connectivity index is 1.34. The lowest BCUT2D eigenvalue weighted by Crippen LogP contribution is -2.26. The summed E-state index contributed by atoms with van der Waals surface area (Å²) in [6.07, 6.45) is 18.0. The number of allylic oxidation sites excluding steroid dienone is 2. The average molecular weight is 230 g/mol. The molecule has 4 atom stereocenters. The molecule has 4 unspecified atom stereocenters. The van der Waals surface area contributed by atoms with E-state index in [-0.39, 0.29) is 0 Å². The van der Waals surface area contributed by atoms with Crippen LogP contribution in [0, 0.1) is 22.7 Å². The minimum atomic E-state index is 0.432. The first-order valence-corrected chi connectivity index (χ1v) is 7.24. The molecule has 0 aliphatic heterocycles. The van der Waals surface area contributed by atoms with Gasteiger partial charge in [0.2, 0.25) is 0 Å². The third kappa shape index (κ3) is 1.62. The molecule has 0 amide bonds. The summed E-state index contributed by atoms with van der Waals surface area (Å²) >= 11 is 0. The van der Waals surface area contributed by atoms with E-state index in [2.05, 4.69) is 24.3 Å². The van der Waals surface area contributed by atoms with Crippen LogP contribution in [0.15, 0.2) is 24.3 Å². The van der Waals surface area contributed by atoms with Gasteiger partial charge in [-0.25, -0.2) is 0 Å². The monoisotopic (exact) mass is 230 g/mol. The van der Waals surface area contributed by atoms with E-state index in [1.165, 1.54) is 38.5 Å². The van der Waals surface area contributed by atoms with Gasteiger partial charge in [-0.3, -0.25) is 0 Å².